The molecule has 2 fully saturated rings. The Bertz CT molecular complexity index is 1590. The number of benzene rings is 2. The monoisotopic (exact) mass is 619 g/mol. The molecule has 3 aromatic rings. The predicted molar refractivity (Wildman–Crippen MR) is 157 cm³/mol. The molecule has 228 valence electrons. The summed E-state index contributed by atoms with van der Waals surface area (Å²) < 4.78 is 64.6. The van der Waals surface area contributed by atoms with Crippen LogP contribution in [0.1, 0.15) is 25.7 Å². The summed E-state index contributed by atoms with van der Waals surface area (Å²) in [5.41, 5.74) is 0.341. The van der Waals surface area contributed by atoms with E-state index in [1.165, 1.54) is 22.6 Å². The lowest BCUT2D eigenvalue weighted by molar-refractivity contribution is -0.0312. The molecule has 0 saturated carbocycles. The molecule has 0 bridgehead atoms. The molecule has 42 heavy (non-hydrogen) atoms. The number of rotatable bonds is 12. The van der Waals surface area contributed by atoms with Gasteiger partial charge in [0.25, 0.3) is 0 Å². The van der Waals surface area contributed by atoms with Crippen LogP contribution in [0, 0.1) is 0 Å². The Balaban J connectivity index is 1.08. The van der Waals surface area contributed by atoms with E-state index in [2.05, 4.69) is 10.3 Å². The molecule has 0 unspecified atom stereocenters. The smallest absolute Gasteiger partial charge is 0.244 e. The summed E-state index contributed by atoms with van der Waals surface area (Å²) in [4.78, 5) is 4.61. The molecular weight excluding hydrogens is 582 g/mol. The number of aliphatic hydroxyl groups is 2. The lowest BCUT2D eigenvalue weighted by atomic mass is 9.88. The van der Waals surface area contributed by atoms with Crippen molar-refractivity contribution < 1.29 is 36.5 Å². The van der Waals surface area contributed by atoms with Gasteiger partial charge in [-0.15, -0.1) is 0 Å². The zero-order valence-corrected chi connectivity index (χ0v) is 24.9. The lowest BCUT2D eigenvalue weighted by Gasteiger charge is -2.38. The summed E-state index contributed by atoms with van der Waals surface area (Å²) in [5.74, 6) is 0.184. The van der Waals surface area contributed by atoms with Crippen LogP contribution >= 0.6 is 0 Å². The number of hydrogen-bond donors (Lipinski definition) is 3. The van der Waals surface area contributed by atoms with Gasteiger partial charge >= 0.3 is 0 Å². The first-order chi connectivity index (χ1) is 20.1. The van der Waals surface area contributed by atoms with Gasteiger partial charge in [-0.25, -0.2) is 16.8 Å². The molecule has 2 aliphatic heterocycles. The minimum absolute atomic E-state index is 0.00694. The van der Waals surface area contributed by atoms with Gasteiger partial charge in [-0.1, -0.05) is 24.3 Å². The molecule has 2 aliphatic rings. The second-order valence-corrected chi connectivity index (χ2v) is 15.0. The predicted octanol–water partition coefficient (Wildman–Crippen LogP) is 1.73. The van der Waals surface area contributed by atoms with Crippen molar-refractivity contribution in [3.63, 3.8) is 0 Å². The molecule has 1 aromatic heterocycles. The molecule has 3 heterocycles. The minimum Gasteiger partial charge on any atom is -0.491 e. The van der Waals surface area contributed by atoms with Crippen LogP contribution in [0.3, 0.4) is 0 Å². The highest BCUT2D eigenvalue weighted by atomic mass is 32.2. The van der Waals surface area contributed by atoms with Crippen LogP contribution in [0.5, 0.6) is 5.75 Å². The zero-order chi connectivity index (χ0) is 29.8. The summed E-state index contributed by atoms with van der Waals surface area (Å²) in [6, 6.07) is 15.2. The van der Waals surface area contributed by atoms with Crippen LogP contribution in [-0.2, 0) is 24.6 Å². The topological polar surface area (TPSA) is 155 Å². The van der Waals surface area contributed by atoms with Gasteiger partial charge in [0.15, 0.2) is 9.84 Å². The average molecular weight is 620 g/mol. The first-order valence-corrected chi connectivity index (χ1v) is 17.2. The molecule has 3 N–H and O–H groups in total. The van der Waals surface area contributed by atoms with Gasteiger partial charge in [0.05, 0.1) is 28.4 Å². The maximum absolute atomic E-state index is 13.3. The number of sulfone groups is 1. The van der Waals surface area contributed by atoms with E-state index in [-0.39, 0.29) is 47.8 Å². The maximum Gasteiger partial charge on any atom is 0.244 e. The molecule has 13 heteroatoms. The Morgan fingerprint density at radius 1 is 1.07 bits per heavy atom. The summed E-state index contributed by atoms with van der Waals surface area (Å²) >= 11 is 0. The van der Waals surface area contributed by atoms with Gasteiger partial charge in [0, 0.05) is 43.9 Å². The fourth-order valence-electron chi connectivity index (χ4n) is 5.48. The average Bonchev–Trinajstić information content (AvgIpc) is 3.40. The SMILES string of the molecule is O=S(=O)(CCCO)c1cccc(OC[C@@H](O)CN[C@H]2COC3(CCN(S(=O)(=O)c4cnc5ccccc5c4)CC3)C2)c1. The third-order valence-electron chi connectivity index (χ3n) is 7.87. The van der Waals surface area contributed by atoms with Crippen molar-refractivity contribution in [2.24, 2.45) is 0 Å². The molecule has 11 nitrogen and oxygen atoms in total. The number of nitrogens with zero attached hydrogens (tertiary/aromatic N) is 2. The summed E-state index contributed by atoms with van der Waals surface area (Å²) in [7, 11) is -7.19. The Kier molecular flexibility index (Phi) is 9.47. The largest absolute Gasteiger partial charge is 0.491 e. The third kappa shape index (κ3) is 7.10. The normalized spacial score (nSPS) is 20.2. The number of fused-ring (bicyclic) bond motifs is 1. The molecule has 0 aliphatic carbocycles. The van der Waals surface area contributed by atoms with Gasteiger partial charge < -0.3 is 25.0 Å². The van der Waals surface area contributed by atoms with E-state index in [9.17, 15) is 21.9 Å². The second-order valence-electron chi connectivity index (χ2n) is 10.9. The molecule has 0 amide bonds. The summed E-state index contributed by atoms with van der Waals surface area (Å²) in [6.45, 7) is 1.20. The van der Waals surface area contributed by atoms with Crippen LogP contribution in [0.15, 0.2) is 70.6 Å². The van der Waals surface area contributed by atoms with Gasteiger partial charge in [0.2, 0.25) is 10.0 Å². The number of pyridine rings is 1. The molecular formula is C29H37N3O8S2. The van der Waals surface area contributed by atoms with E-state index < -0.39 is 31.6 Å². The maximum atomic E-state index is 13.3. The van der Waals surface area contributed by atoms with Gasteiger partial charge in [-0.2, -0.15) is 4.31 Å². The highest BCUT2D eigenvalue weighted by Crippen LogP contribution is 2.37. The summed E-state index contributed by atoms with van der Waals surface area (Å²) in [5, 5.41) is 23.5. The van der Waals surface area contributed by atoms with Crippen LogP contribution in [-0.4, -0.2) is 99.3 Å². The van der Waals surface area contributed by atoms with Crippen molar-refractivity contribution in [3.8, 4) is 5.75 Å². The van der Waals surface area contributed by atoms with E-state index in [0.29, 0.717) is 44.7 Å². The van der Waals surface area contributed by atoms with Crippen LogP contribution in [0.2, 0.25) is 0 Å². The van der Waals surface area contributed by atoms with Crippen molar-refractivity contribution in [2.45, 2.75) is 53.2 Å². The molecule has 5 rings (SSSR count). The molecule has 2 atom stereocenters. The fraction of sp³-hybridized carbons (Fsp3) is 0.483. The number of ether oxygens (including phenoxy) is 2. The fourth-order valence-corrected chi connectivity index (χ4v) is 8.23. The number of sulfonamides is 1. The minimum atomic E-state index is -3.67. The Hall–Kier alpha value is -2.65. The second kappa shape index (κ2) is 12.9. The van der Waals surface area contributed by atoms with Crippen LogP contribution in [0.25, 0.3) is 10.9 Å². The third-order valence-corrected chi connectivity index (χ3v) is 11.5. The van der Waals surface area contributed by atoms with E-state index >= 15 is 0 Å². The lowest BCUT2D eigenvalue weighted by Crippen LogP contribution is -2.47. The standard InChI is InChI=1S/C29H37N3O8S2/c33-13-4-14-41(35,36)26-7-3-6-25(16-26)39-21-24(34)18-30-23-17-29(40-20-23)9-11-32(12-10-29)42(37,38)27-15-22-5-1-2-8-28(22)31-19-27/h1-3,5-8,15-16,19,23-24,30,33-34H,4,9-14,17-18,20-21H2/t23-,24+/m1/s1. The van der Waals surface area contributed by atoms with E-state index in [4.69, 9.17) is 14.6 Å². The van der Waals surface area contributed by atoms with Gasteiger partial charge in [-0.05, 0) is 56.0 Å². The van der Waals surface area contributed by atoms with E-state index in [0.717, 1.165) is 10.9 Å². The molecule has 2 saturated heterocycles. The number of piperidine rings is 1. The van der Waals surface area contributed by atoms with Gasteiger partial charge in [0.1, 0.15) is 23.4 Å². The Labute approximate surface area is 246 Å². The number of para-hydroxylation sites is 1. The van der Waals surface area contributed by atoms with Crippen LogP contribution < -0.4 is 10.1 Å². The Morgan fingerprint density at radius 3 is 2.64 bits per heavy atom. The number of aliphatic hydroxyl groups excluding tert-OH is 2. The van der Waals surface area contributed by atoms with Crippen molar-refractivity contribution in [2.75, 3.05) is 45.2 Å². The highest BCUT2D eigenvalue weighted by Gasteiger charge is 2.44. The van der Waals surface area contributed by atoms with Crippen molar-refractivity contribution in [3.05, 3.63) is 60.8 Å². The van der Waals surface area contributed by atoms with Crippen LogP contribution in [0.4, 0.5) is 0 Å². The van der Waals surface area contributed by atoms with Gasteiger partial charge in [-0.3, -0.25) is 4.98 Å². The first kappa shape index (κ1) is 30.8. The van der Waals surface area contributed by atoms with E-state index in [1.54, 1.807) is 18.2 Å². The zero-order valence-electron chi connectivity index (χ0n) is 23.3. The van der Waals surface area contributed by atoms with Crippen molar-refractivity contribution >= 4 is 30.8 Å². The van der Waals surface area contributed by atoms with Crippen molar-refractivity contribution in [1.29, 1.82) is 0 Å². The first-order valence-electron chi connectivity index (χ1n) is 14.1. The number of aromatic nitrogens is 1. The van der Waals surface area contributed by atoms with Crippen molar-refractivity contribution in [1.82, 2.24) is 14.6 Å². The summed E-state index contributed by atoms with van der Waals surface area (Å²) in [6.07, 6.45) is 2.60. The quantitative estimate of drug-likeness (QED) is 0.273. The number of nitrogens with one attached hydrogen (secondary N) is 1. The molecule has 1 spiro atoms. The molecule has 0 radical (unpaired) electrons. The highest BCUT2D eigenvalue weighted by molar-refractivity contribution is 7.91. The number of hydrogen-bond acceptors (Lipinski definition) is 10. The molecule has 2 aromatic carbocycles. The Morgan fingerprint density at radius 2 is 1.86 bits per heavy atom. The van der Waals surface area contributed by atoms with E-state index in [1.807, 2.05) is 24.3 Å².